The molecule has 1 heterocycles. The van der Waals surface area contributed by atoms with Gasteiger partial charge in [-0.3, -0.25) is 4.79 Å². The fourth-order valence-corrected chi connectivity index (χ4v) is 2.11. The van der Waals surface area contributed by atoms with Crippen LogP contribution >= 0.6 is 24.0 Å². The normalized spacial score (nSPS) is 19.3. The standard InChI is InChI=1S/C12H14ClFN2O.ClH/c1-8-7-16(5-4-15-8)12(17)9-2-3-11(14)10(13)6-9;/h2-3,6,8,15H,4-5,7H2,1H3;1H/t8-;/m0./s1. The van der Waals surface area contributed by atoms with Crippen LogP contribution in [0.5, 0.6) is 0 Å². The maximum Gasteiger partial charge on any atom is 0.254 e. The van der Waals surface area contributed by atoms with Gasteiger partial charge < -0.3 is 10.2 Å². The number of carbonyl (C=O) groups is 1. The maximum absolute atomic E-state index is 13.0. The van der Waals surface area contributed by atoms with Crippen LogP contribution in [-0.2, 0) is 0 Å². The summed E-state index contributed by atoms with van der Waals surface area (Å²) in [6, 6.07) is 4.35. The third-order valence-electron chi connectivity index (χ3n) is 2.82. The van der Waals surface area contributed by atoms with Gasteiger partial charge in [0.15, 0.2) is 0 Å². The topological polar surface area (TPSA) is 32.3 Å². The van der Waals surface area contributed by atoms with Crippen molar-refractivity contribution in [2.75, 3.05) is 19.6 Å². The molecule has 0 aliphatic carbocycles. The molecule has 1 aliphatic heterocycles. The molecule has 1 aromatic rings. The molecule has 3 nitrogen and oxygen atoms in total. The van der Waals surface area contributed by atoms with Gasteiger partial charge in [-0.15, -0.1) is 12.4 Å². The van der Waals surface area contributed by atoms with Crippen molar-refractivity contribution < 1.29 is 9.18 Å². The van der Waals surface area contributed by atoms with Crippen molar-refractivity contribution in [1.29, 1.82) is 0 Å². The van der Waals surface area contributed by atoms with E-state index in [4.69, 9.17) is 11.6 Å². The second-order valence-electron chi connectivity index (χ2n) is 4.24. The summed E-state index contributed by atoms with van der Waals surface area (Å²) < 4.78 is 13.0. The van der Waals surface area contributed by atoms with Crippen LogP contribution in [0, 0.1) is 5.82 Å². The Balaban J connectivity index is 0.00000162. The summed E-state index contributed by atoms with van der Waals surface area (Å²) in [5.74, 6) is -0.600. The number of hydrogen-bond donors (Lipinski definition) is 1. The Bertz CT molecular complexity index is 442. The Hall–Kier alpha value is -0.840. The summed E-state index contributed by atoms with van der Waals surface area (Å²) in [6.07, 6.45) is 0. The summed E-state index contributed by atoms with van der Waals surface area (Å²) in [4.78, 5) is 13.9. The summed E-state index contributed by atoms with van der Waals surface area (Å²) >= 11 is 5.67. The Morgan fingerprint density at radius 2 is 2.28 bits per heavy atom. The number of nitrogens with zero attached hydrogens (tertiary/aromatic N) is 1. The van der Waals surface area contributed by atoms with Gasteiger partial charge >= 0.3 is 0 Å². The third-order valence-corrected chi connectivity index (χ3v) is 3.11. The SMILES string of the molecule is C[C@H]1CN(C(=O)c2ccc(F)c(Cl)c2)CCN1.Cl. The molecule has 0 aromatic heterocycles. The molecule has 1 fully saturated rings. The Labute approximate surface area is 117 Å². The molecule has 0 radical (unpaired) electrons. The number of carbonyl (C=O) groups excluding carboxylic acids is 1. The van der Waals surface area contributed by atoms with E-state index in [9.17, 15) is 9.18 Å². The summed E-state index contributed by atoms with van der Waals surface area (Å²) in [7, 11) is 0. The van der Waals surface area contributed by atoms with Crippen LogP contribution in [0.25, 0.3) is 0 Å². The van der Waals surface area contributed by atoms with Crippen LogP contribution < -0.4 is 5.32 Å². The smallest absolute Gasteiger partial charge is 0.254 e. The molecule has 1 aliphatic rings. The molecule has 1 saturated heterocycles. The van der Waals surface area contributed by atoms with Gasteiger partial charge in [-0.25, -0.2) is 4.39 Å². The van der Waals surface area contributed by atoms with Gasteiger partial charge in [-0.05, 0) is 25.1 Å². The Morgan fingerprint density at radius 1 is 1.56 bits per heavy atom. The first-order valence-electron chi connectivity index (χ1n) is 5.55. The lowest BCUT2D eigenvalue weighted by Crippen LogP contribution is -2.51. The first-order valence-corrected chi connectivity index (χ1v) is 5.93. The number of benzene rings is 1. The van der Waals surface area contributed by atoms with Crippen molar-refractivity contribution in [3.8, 4) is 0 Å². The predicted octanol–water partition coefficient (Wildman–Crippen LogP) is 2.33. The highest BCUT2D eigenvalue weighted by Gasteiger charge is 2.21. The number of piperazine rings is 1. The van der Waals surface area contributed by atoms with Crippen molar-refractivity contribution in [2.45, 2.75) is 13.0 Å². The molecule has 1 aromatic carbocycles. The molecule has 100 valence electrons. The van der Waals surface area contributed by atoms with Gasteiger partial charge in [0.05, 0.1) is 5.02 Å². The first-order chi connectivity index (χ1) is 8.08. The molecule has 0 spiro atoms. The highest BCUT2D eigenvalue weighted by atomic mass is 35.5. The van der Waals surface area contributed by atoms with E-state index in [1.165, 1.54) is 18.2 Å². The average Bonchev–Trinajstić information content (AvgIpc) is 2.32. The maximum atomic E-state index is 13.0. The molecule has 0 bridgehead atoms. The predicted molar refractivity (Wildman–Crippen MR) is 72.0 cm³/mol. The van der Waals surface area contributed by atoms with Crippen molar-refractivity contribution >= 4 is 29.9 Å². The summed E-state index contributed by atoms with van der Waals surface area (Å²) in [6.45, 7) is 4.13. The Morgan fingerprint density at radius 3 is 2.89 bits per heavy atom. The van der Waals surface area contributed by atoms with E-state index in [0.717, 1.165) is 6.54 Å². The molecular weight excluding hydrogens is 278 g/mol. The zero-order valence-corrected chi connectivity index (χ0v) is 11.5. The molecule has 0 saturated carbocycles. The lowest BCUT2D eigenvalue weighted by Gasteiger charge is -2.32. The minimum atomic E-state index is -0.503. The minimum absolute atomic E-state index is 0. The third kappa shape index (κ3) is 3.34. The average molecular weight is 293 g/mol. The van der Waals surface area contributed by atoms with Crippen LogP contribution in [0.3, 0.4) is 0 Å². The van der Waals surface area contributed by atoms with E-state index in [0.29, 0.717) is 18.7 Å². The molecule has 0 unspecified atom stereocenters. The molecule has 1 amide bonds. The van der Waals surface area contributed by atoms with E-state index in [1.807, 2.05) is 6.92 Å². The van der Waals surface area contributed by atoms with Gasteiger partial charge in [0.1, 0.15) is 5.82 Å². The van der Waals surface area contributed by atoms with Gasteiger partial charge in [0, 0.05) is 31.2 Å². The van der Waals surface area contributed by atoms with E-state index in [2.05, 4.69) is 5.32 Å². The fourth-order valence-electron chi connectivity index (χ4n) is 1.93. The zero-order valence-electron chi connectivity index (χ0n) is 9.95. The van der Waals surface area contributed by atoms with E-state index < -0.39 is 5.82 Å². The van der Waals surface area contributed by atoms with E-state index in [1.54, 1.807) is 4.90 Å². The van der Waals surface area contributed by atoms with Gasteiger partial charge in [-0.1, -0.05) is 11.6 Å². The summed E-state index contributed by atoms with van der Waals surface area (Å²) in [5, 5.41) is 3.24. The van der Waals surface area contributed by atoms with Crippen LogP contribution in [0.4, 0.5) is 4.39 Å². The van der Waals surface area contributed by atoms with E-state index in [-0.39, 0.29) is 29.4 Å². The van der Waals surface area contributed by atoms with Crippen molar-refractivity contribution in [3.63, 3.8) is 0 Å². The largest absolute Gasteiger partial charge is 0.336 e. The lowest BCUT2D eigenvalue weighted by atomic mass is 10.1. The molecule has 1 atom stereocenters. The van der Waals surface area contributed by atoms with E-state index >= 15 is 0 Å². The fraction of sp³-hybridized carbons (Fsp3) is 0.417. The molecule has 1 N–H and O–H groups in total. The number of hydrogen-bond acceptors (Lipinski definition) is 2. The lowest BCUT2D eigenvalue weighted by molar-refractivity contribution is 0.0709. The zero-order chi connectivity index (χ0) is 12.4. The highest BCUT2D eigenvalue weighted by Crippen LogP contribution is 2.17. The summed E-state index contributed by atoms with van der Waals surface area (Å²) in [5.41, 5.74) is 0.436. The minimum Gasteiger partial charge on any atom is -0.336 e. The molecule has 6 heteroatoms. The quantitative estimate of drug-likeness (QED) is 0.862. The van der Waals surface area contributed by atoms with Gasteiger partial charge in [-0.2, -0.15) is 0 Å². The monoisotopic (exact) mass is 292 g/mol. The van der Waals surface area contributed by atoms with Crippen molar-refractivity contribution in [1.82, 2.24) is 10.2 Å². The van der Waals surface area contributed by atoms with Crippen LogP contribution in [0.1, 0.15) is 17.3 Å². The highest BCUT2D eigenvalue weighted by molar-refractivity contribution is 6.31. The molecule has 2 rings (SSSR count). The van der Waals surface area contributed by atoms with Gasteiger partial charge in [0.2, 0.25) is 0 Å². The molecule has 18 heavy (non-hydrogen) atoms. The van der Waals surface area contributed by atoms with Crippen molar-refractivity contribution in [3.05, 3.63) is 34.6 Å². The van der Waals surface area contributed by atoms with Crippen LogP contribution in [0.15, 0.2) is 18.2 Å². The van der Waals surface area contributed by atoms with Crippen LogP contribution in [-0.4, -0.2) is 36.5 Å². The number of amides is 1. The number of halogens is 3. The van der Waals surface area contributed by atoms with Gasteiger partial charge in [0.25, 0.3) is 5.91 Å². The Kier molecular flexibility index (Phi) is 5.38. The second kappa shape index (κ2) is 6.36. The first kappa shape index (κ1) is 15.2. The second-order valence-corrected chi connectivity index (χ2v) is 4.64. The van der Waals surface area contributed by atoms with Crippen molar-refractivity contribution in [2.24, 2.45) is 0 Å². The number of nitrogens with one attached hydrogen (secondary N) is 1. The number of rotatable bonds is 1. The van der Waals surface area contributed by atoms with Crippen LogP contribution in [0.2, 0.25) is 5.02 Å². The molecular formula is C12H15Cl2FN2O.